The number of ether oxygens (including phenoxy) is 2. The first-order valence-electron chi connectivity index (χ1n) is 8.64. The van der Waals surface area contributed by atoms with Gasteiger partial charge in [-0.05, 0) is 25.3 Å². The summed E-state index contributed by atoms with van der Waals surface area (Å²) in [7, 11) is 3.81. The summed E-state index contributed by atoms with van der Waals surface area (Å²) in [5.74, 6) is 0.798. The molecule has 2 atom stereocenters. The minimum Gasteiger partial charge on any atom is -0.378 e. The van der Waals surface area contributed by atoms with Gasteiger partial charge in [-0.1, -0.05) is 0 Å². The lowest BCUT2D eigenvalue weighted by molar-refractivity contribution is -0.142. The maximum Gasteiger partial charge on any atom is 0.225 e. The number of morpholine rings is 1. The van der Waals surface area contributed by atoms with Gasteiger partial charge in [0.1, 0.15) is 6.10 Å². The summed E-state index contributed by atoms with van der Waals surface area (Å²) in [6.45, 7) is 2.48. The zero-order valence-corrected chi connectivity index (χ0v) is 14.5. The maximum atomic E-state index is 12.6. The van der Waals surface area contributed by atoms with Gasteiger partial charge in [-0.25, -0.2) is 9.97 Å². The first-order valence-corrected chi connectivity index (χ1v) is 8.64. The topological polar surface area (TPSA) is 67.8 Å². The molecule has 0 N–H and O–H groups in total. The van der Waals surface area contributed by atoms with E-state index in [1.807, 2.05) is 30.0 Å². The van der Waals surface area contributed by atoms with E-state index in [-0.39, 0.29) is 18.1 Å². The van der Waals surface area contributed by atoms with Crippen LogP contribution in [0.1, 0.15) is 37.5 Å². The summed E-state index contributed by atoms with van der Waals surface area (Å²) >= 11 is 0. The van der Waals surface area contributed by atoms with Gasteiger partial charge in [0, 0.05) is 33.4 Å². The molecule has 3 heterocycles. The molecule has 7 nitrogen and oxygen atoms in total. The molecule has 1 aromatic rings. The number of hydrogen-bond donors (Lipinski definition) is 0. The highest BCUT2D eigenvalue weighted by Crippen LogP contribution is 2.23. The molecule has 2 fully saturated rings. The first-order chi connectivity index (χ1) is 11.6. The van der Waals surface area contributed by atoms with Gasteiger partial charge in [0.05, 0.1) is 31.4 Å². The molecule has 2 saturated heterocycles. The molecule has 7 heteroatoms. The Morgan fingerprint density at radius 2 is 2.21 bits per heavy atom. The van der Waals surface area contributed by atoms with Crippen molar-refractivity contribution in [1.29, 1.82) is 0 Å². The minimum absolute atomic E-state index is 0.0759. The van der Waals surface area contributed by atoms with Crippen LogP contribution in [0.2, 0.25) is 0 Å². The van der Waals surface area contributed by atoms with Crippen molar-refractivity contribution in [1.82, 2.24) is 14.9 Å². The molecular formula is C17H26N4O3. The monoisotopic (exact) mass is 334 g/mol. The lowest BCUT2D eigenvalue weighted by Gasteiger charge is -2.34. The molecule has 0 aromatic carbocycles. The van der Waals surface area contributed by atoms with Crippen LogP contribution in [-0.4, -0.2) is 67.3 Å². The van der Waals surface area contributed by atoms with E-state index in [2.05, 4.69) is 9.97 Å². The van der Waals surface area contributed by atoms with Gasteiger partial charge in [0.25, 0.3) is 0 Å². The first kappa shape index (κ1) is 17.1. The molecule has 1 amide bonds. The second kappa shape index (κ2) is 7.90. The fourth-order valence-corrected chi connectivity index (χ4v) is 3.10. The van der Waals surface area contributed by atoms with Crippen LogP contribution in [0, 0.1) is 0 Å². The average molecular weight is 334 g/mol. The predicted molar refractivity (Wildman–Crippen MR) is 89.8 cm³/mol. The Morgan fingerprint density at radius 3 is 2.96 bits per heavy atom. The summed E-state index contributed by atoms with van der Waals surface area (Å²) in [4.78, 5) is 25.1. The fourth-order valence-electron chi connectivity index (χ4n) is 3.10. The second-order valence-electron chi connectivity index (χ2n) is 6.57. The molecule has 0 spiro atoms. The van der Waals surface area contributed by atoms with Crippen LogP contribution in [0.4, 0.5) is 5.95 Å². The van der Waals surface area contributed by atoms with Crippen LogP contribution in [0.25, 0.3) is 0 Å². The highest BCUT2D eigenvalue weighted by Gasteiger charge is 2.28. The second-order valence-corrected chi connectivity index (χ2v) is 6.57. The van der Waals surface area contributed by atoms with E-state index in [1.54, 1.807) is 6.20 Å². The largest absolute Gasteiger partial charge is 0.378 e. The minimum atomic E-state index is -0.198. The molecule has 0 saturated carbocycles. The van der Waals surface area contributed by atoms with E-state index < -0.39 is 0 Å². The lowest BCUT2D eigenvalue weighted by atomic mass is 10.1. The van der Waals surface area contributed by atoms with Crippen LogP contribution in [0.5, 0.6) is 0 Å². The average Bonchev–Trinajstić information content (AvgIpc) is 2.63. The molecule has 0 aliphatic carbocycles. The maximum absolute atomic E-state index is 12.6. The summed E-state index contributed by atoms with van der Waals surface area (Å²) < 4.78 is 11.5. The van der Waals surface area contributed by atoms with Gasteiger partial charge >= 0.3 is 0 Å². The number of nitrogens with zero attached hydrogens (tertiary/aromatic N) is 4. The Kier molecular flexibility index (Phi) is 5.63. The smallest absolute Gasteiger partial charge is 0.225 e. The third kappa shape index (κ3) is 4.21. The number of carbonyl (C=O) groups excluding carboxylic acids is 1. The number of rotatable bonds is 4. The van der Waals surface area contributed by atoms with Crippen LogP contribution >= 0.6 is 0 Å². The number of anilines is 1. The quantitative estimate of drug-likeness (QED) is 0.829. The Balaban J connectivity index is 1.61. The lowest BCUT2D eigenvalue weighted by Crippen LogP contribution is -2.44. The van der Waals surface area contributed by atoms with E-state index in [0.29, 0.717) is 32.1 Å². The Bertz CT molecular complexity index is 561. The van der Waals surface area contributed by atoms with Gasteiger partial charge in [0.15, 0.2) is 0 Å². The molecule has 2 aliphatic heterocycles. The third-order valence-corrected chi connectivity index (χ3v) is 4.49. The molecule has 24 heavy (non-hydrogen) atoms. The number of carbonyl (C=O) groups is 1. The summed E-state index contributed by atoms with van der Waals surface area (Å²) in [6.07, 6.45) is 5.32. The SMILES string of the molecule is CN(C)c1nccc([C@H]2CN(C(=O)C[C@H]3CCCCO3)CCO2)n1. The van der Waals surface area contributed by atoms with E-state index in [9.17, 15) is 4.79 Å². The zero-order chi connectivity index (χ0) is 16.9. The fraction of sp³-hybridized carbons (Fsp3) is 0.706. The number of aromatic nitrogens is 2. The molecular weight excluding hydrogens is 308 g/mol. The van der Waals surface area contributed by atoms with E-state index in [0.717, 1.165) is 31.6 Å². The molecule has 0 unspecified atom stereocenters. The molecule has 2 aliphatic rings. The molecule has 0 bridgehead atoms. The third-order valence-electron chi connectivity index (χ3n) is 4.49. The van der Waals surface area contributed by atoms with Crippen molar-refractivity contribution in [3.05, 3.63) is 18.0 Å². The van der Waals surface area contributed by atoms with Crippen molar-refractivity contribution in [2.24, 2.45) is 0 Å². The molecule has 3 rings (SSSR count). The predicted octanol–water partition coefficient (Wildman–Crippen LogP) is 1.40. The number of amides is 1. The van der Waals surface area contributed by atoms with Crippen molar-refractivity contribution >= 4 is 11.9 Å². The van der Waals surface area contributed by atoms with Crippen LogP contribution in [0.15, 0.2) is 12.3 Å². The van der Waals surface area contributed by atoms with Crippen molar-refractivity contribution in [2.45, 2.75) is 37.9 Å². The van der Waals surface area contributed by atoms with E-state index >= 15 is 0 Å². The van der Waals surface area contributed by atoms with E-state index in [1.165, 1.54) is 0 Å². The highest BCUT2D eigenvalue weighted by atomic mass is 16.5. The number of hydrogen-bond acceptors (Lipinski definition) is 6. The van der Waals surface area contributed by atoms with Gasteiger partial charge in [-0.15, -0.1) is 0 Å². The molecule has 132 valence electrons. The van der Waals surface area contributed by atoms with Crippen LogP contribution in [-0.2, 0) is 14.3 Å². The van der Waals surface area contributed by atoms with Crippen molar-refractivity contribution in [2.75, 3.05) is 45.3 Å². The molecule has 1 aromatic heterocycles. The normalized spacial score (nSPS) is 24.7. The summed E-state index contributed by atoms with van der Waals surface area (Å²) in [6, 6.07) is 1.86. The van der Waals surface area contributed by atoms with Crippen LogP contribution < -0.4 is 4.90 Å². The van der Waals surface area contributed by atoms with Gasteiger partial charge in [0.2, 0.25) is 11.9 Å². The van der Waals surface area contributed by atoms with Crippen molar-refractivity contribution in [3.63, 3.8) is 0 Å². The Hall–Kier alpha value is -1.73. The summed E-state index contributed by atoms with van der Waals surface area (Å²) in [5, 5.41) is 0. The Labute approximate surface area is 143 Å². The van der Waals surface area contributed by atoms with Gasteiger partial charge in [-0.3, -0.25) is 4.79 Å². The van der Waals surface area contributed by atoms with Crippen molar-refractivity contribution in [3.8, 4) is 0 Å². The van der Waals surface area contributed by atoms with Gasteiger partial charge in [-0.2, -0.15) is 0 Å². The van der Waals surface area contributed by atoms with Crippen molar-refractivity contribution < 1.29 is 14.3 Å². The van der Waals surface area contributed by atoms with Crippen LogP contribution in [0.3, 0.4) is 0 Å². The summed E-state index contributed by atoms with van der Waals surface area (Å²) in [5.41, 5.74) is 0.820. The van der Waals surface area contributed by atoms with Gasteiger partial charge < -0.3 is 19.3 Å². The highest BCUT2D eigenvalue weighted by molar-refractivity contribution is 5.76. The van der Waals surface area contributed by atoms with E-state index in [4.69, 9.17) is 9.47 Å². The standard InChI is InChI=1S/C17H26N4O3/c1-20(2)17-18-7-6-14(19-17)15-12-21(8-10-24-15)16(22)11-13-5-3-4-9-23-13/h6-7,13,15H,3-5,8-12H2,1-2H3/t13-,15-/m1/s1. The molecule has 0 radical (unpaired) electrons. The zero-order valence-electron chi connectivity index (χ0n) is 14.5. The Morgan fingerprint density at radius 1 is 1.33 bits per heavy atom.